The maximum atomic E-state index is 12.7. The number of hydrogen-bond acceptors (Lipinski definition) is 6. The average molecular weight is 432 g/mol. The van der Waals surface area contributed by atoms with Crippen molar-refractivity contribution in [2.75, 3.05) is 7.11 Å². The van der Waals surface area contributed by atoms with Gasteiger partial charge in [-0.1, -0.05) is 42.5 Å². The molecule has 4 rings (SSSR count). The molecule has 3 amide bonds. The largest absolute Gasteiger partial charge is 0.489 e. The molecule has 1 fully saturated rings. The number of nitrogens with one attached hydrogen (secondary N) is 1. The number of urea groups is 1. The summed E-state index contributed by atoms with van der Waals surface area (Å²) in [5, 5.41) is 2.56. The summed E-state index contributed by atoms with van der Waals surface area (Å²) >= 11 is 0. The van der Waals surface area contributed by atoms with Crippen LogP contribution in [0, 0.1) is 0 Å². The highest BCUT2D eigenvalue weighted by Gasteiger charge is 2.34. The van der Waals surface area contributed by atoms with E-state index in [1.54, 1.807) is 18.2 Å². The zero-order valence-corrected chi connectivity index (χ0v) is 17.2. The molecule has 0 spiro atoms. The van der Waals surface area contributed by atoms with Crippen molar-refractivity contribution >= 4 is 24.0 Å². The van der Waals surface area contributed by atoms with Gasteiger partial charge in [-0.15, -0.1) is 0 Å². The van der Waals surface area contributed by atoms with E-state index in [-0.39, 0.29) is 23.8 Å². The normalized spacial score (nSPS) is 14.5. The standard InChI is InChI=1S/C24H20N2O6/c1-30-23(28)21-11-10-19(32-21)14-26-22(27)20(25-24(26)29)13-17-8-5-9-18(12-17)31-15-16-6-3-2-4-7-16/h2-13H,14-15H2,1H3,(H,25,29)/b20-13-. The van der Waals surface area contributed by atoms with E-state index in [0.29, 0.717) is 17.9 Å². The fraction of sp³-hybridized carbons (Fsp3) is 0.125. The number of imide groups is 1. The van der Waals surface area contributed by atoms with E-state index in [2.05, 4.69) is 10.1 Å². The first-order chi connectivity index (χ1) is 15.5. The summed E-state index contributed by atoms with van der Waals surface area (Å²) < 4.78 is 15.7. The van der Waals surface area contributed by atoms with Crippen LogP contribution in [0.5, 0.6) is 5.75 Å². The molecule has 8 nitrogen and oxygen atoms in total. The summed E-state index contributed by atoms with van der Waals surface area (Å²) in [4.78, 5) is 37.5. The highest BCUT2D eigenvalue weighted by molar-refractivity contribution is 6.13. The molecular formula is C24H20N2O6. The number of methoxy groups -OCH3 is 1. The predicted octanol–water partition coefficient (Wildman–Crippen LogP) is 3.74. The Hall–Kier alpha value is -4.33. The molecule has 2 heterocycles. The van der Waals surface area contributed by atoms with Crippen LogP contribution in [0.15, 0.2) is 76.8 Å². The second kappa shape index (κ2) is 9.22. The summed E-state index contributed by atoms with van der Waals surface area (Å²) in [5.74, 6) is -0.211. The van der Waals surface area contributed by atoms with Crippen LogP contribution >= 0.6 is 0 Å². The first-order valence-electron chi connectivity index (χ1n) is 9.82. The second-order valence-corrected chi connectivity index (χ2v) is 6.98. The smallest absolute Gasteiger partial charge is 0.373 e. The zero-order chi connectivity index (χ0) is 22.5. The molecule has 162 valence electrons. The van der Waals surface area contributed by atoms with Gasteiger partial charge in [0.2, 0.25) is 5.76 Å². The molecule has 2 aromatic carbocycles. The highest BCUT2D eigenvalue weighted by atomic mass is 16.5. The summed E-state index contributed by atoms with van der Waals surface area (Å²) in [6.45, 7) is 0.306. The van der Waals surface area contributed by atoms with Crippen molar-refractivity contribution in [3.05, 3.63) is 95.1 Å². The third-order valence-electron chi connectivity index (χ3n) is 4.74. The summed E-state index contributed by atoms with van der Waals surface area (Å²) in [6, 6.07) is 19.4. The van der Waals surface area contributed by atoms with Crippen molar-refractivity contribution in [2.24, 2.45) is 0 Å². The molecular weight excluding hydrogens is 412 g/mol. The van der Waals surface area contributed by atoms with Crippen LogP contribution in [-0.2, 0) is 22.7 Å². The summed E-state index contributed by atoms with van der Waals surface area (Å²) in [6.07, 6.45) is 1.58. The number of carbonyl (C=O) groups is 3. The second-order valence-electron chi connectivity index (χ2n) is 6.98. The number of nitrogens with zero attached hydrogens (tertiary/aromatic N) is 1. The number of furan rings is 1. The maximum absolute atomic E-state index is 12.7. The lowest BCUT2D eigenvalue weighted by atomic mass is 10.1. The third-order valence-corrected chi connectivity index (χ3v) is 4.74. The first-order valence-corrected chi connectivity index (χ1v) is 9.82. The van der Waals surface area contributed by atoms with Gasteiger partial charge in [-0.3, -0.25) is 9.69 Å². The van der Waals surface area contributed by atoms with E-state index in [4.69, 9.17) is 9.15 Å². The molecule has 8 heteroatoms. The van der Waals surface area contributed by atoms with Crippen molar-refractivity contribution in [1.29, 1.82) is 0 Å². The number of benzene rings is 2. The molecule has 0 bridgehead atoms. The zero-order valence-electron chi connectivity index (χ0n) is 17.2. The Morgan fingerprint density at radius 1 is 1.06 bits per heavy atom. The molecule has 1 saturated heterocycles. The van der Waals surface area contributed by atoms with Crippen molar-refractivity contribution in [3.63, 3.8) is 0 Å². The first kappa shape index (κ1) is 20.9. The van der Waals surface area contributed by atoms with E-state index in [9.17, 15) is 14.4 Å². The van der Waals surface area contributed by atoms with E-state index in [1.807, 2.05) is 42.5 Å². The lowest BCUT2D eigenvalue weighted by molar-refractivity contribution is -0.123. The van der Waals surface area contributed by atoms with Gasteiger partial charge in [0.15, 0.2) is 0 Å². The van der Waals surface area contributed by atoms with Gasteiger partial charge in [-0.25, -0.2) is 9.59 Å². The van der Waals surface area contributed by atoms with Crippen molar-refractivity contribution in [1.82, 2.24) is 10.2 Å². The van der Waals surface area contributed by atoms with E-state index < -0.39 is 17.9 Å². The quantitative estimate of drug-likeness (QED) is 0.347. The monoisotopic (exact) mass is 432 g/mol. The number of amides is 3. The van der Waals surface area contributed by atoms with Crippen LogP contribution in [0.2, 0.25) is 0 Å². The van der Waals surface area contributed by atoms with Gasteiger partial charge in [0.25, 0.3) is 5.91 Å². The average Bonchev–Trinajstić information content (AvgIpc) is 3.39. The molecule has 32 heavy (non-hydrogen) atoms. The molecule has 1 aliphatic heterocycles. The molecule has 0 radical (unpaired) electrons. The molecule has 1 aromatic heterocycles. The van der Waals surface area contributed by atoms with Crippen molar-refractivity contribution in [3.8, 4) is 5.75 Å². The summed E-state index contributed by atoms with van der Waals surface area (Å²) in [7, 11) is 1.24. The maximum Gasteiger partial charge on any atom is 0.373 e. The number of hydrogen-bond donors (Lipinski definition) is 1. The molecule has 0 atom stereocenters. The number of carbonyl (C=O) groups excluding carboxylic acids is 3. The van der Waals surface area contributed by atoms with E-state index >= 15 is 0 Å². The predicted molar refractivity (Wildman–Crippen MR) is 114 cm³/mol. The molecule has 3 aromatic rings. The minimum Gasteiger partial charge on any atom is -0.489 e. The van der Waals surface area contributed by atoms with Crippen molar-refractivity contribution in [2.45, 2.75) is 13.2 Å². The molecule has 0 aliphatic carbocycles. The minimum absolute atomic E-state index is 0.00219. The Morgan fingerprint density at radius 2 is 1.88 bits per heavy atom. The Labute approximate surface area is 184 Å². The van der Waals surface area contributed by atoms with Gasteiger partial charge in [-0.05, 0) is 41.5 Å². The SMILES string of the molecule is COC(=O)c1ccc(CN2C(=O)N/C(=C\c3cccc(OCc4ccccc4)c3)C2=O)o1. The minimum atomic E-state index is -0.636. The topological polar surface area (TPSA) is 98.1 Å². The Bertz CT molecular complexity index is 1180. The van der Waals surface area contributed by atoms with Crippen LogP contribution < -0.4 is 10.1 Å². The van der Waals surface area contributed by atoms with E-state index in [0.717, 1.165) is 10.5 Å². The van der Waals surface area contributed by atoms with Crippen LogP contribution in [0.1, 0.15) is 27.4 Å². The Balaban J connectivity index is 1.44. The molecule has 1 N–H and O–H groups in total. The lowest BCUT2D eigenvalue weighted by Crippen LogP contribution is -2.30. The van der Waals surface area contributed by atoms with Gasteiger partial charge < -0.3 is 19.2 Å². The lowest BCUT2D eigenvalue weighted by Gasteiger charge is -2.09. The fourth-order valence-electron chi connectivity index (χ4n) is 3.15. The van der Waals surface area contributed by atoms with Gasteiger partial charge in [0.05, 0.1) is 13.7 Å². The van der Waals surface area contributed by atoms with Gasteiger partial charge >= 0.3 is 12.0 Å². The van der Waals surface area contributed by atoms with Gasteiger partial charge in [-0.2, -0.15) is 0 Å². The molecule has 0 unspecified atom stereocenters. The fourth-order valence-corrected chi connectivity index (χ4v) is 3.15. The highest BCUT2D eigenvalue weighted by Crippen LogP contribution is 2.21. The Morgan fingerprint density at radius 3 is 2.66 bits per heavy atom. The molecule has 0 saturated carbocycles. The number of ether oxygens (including phenoxy) is 2. The van der Waals surface area contributed by atoms with Crippen LogP contribution in [0.25, 0.3) is 6.08 Å². The van der Waals surface area contributed by atoms with Crippen LogP contribution in [0.3, 0.4) is 0 Å². The summed E-state index contributed by atoms with van der Waals surface area (Å²) in [5.41, 5.74) is 1.88. The van der Waals surface area contributed by atoms with Gasteiger partial charge in [0, 0.05) is 0 Å². The number of esters is 1. The Kier molecular flexibility index (Phi) is 6.03. The van der Waals surface area contributed by atoms with Crippen LogP contribution in [0.4, 0.5) is 4.79 Å². The van der Waals surface area contributed by atoms with Crippen molar-refractivity contribution < 1.29 is 28.3 Å². The van der Waals surface area contributed by atoms with E-state index in [1.165, 1.54) is 19.2 Å². The third kappa shape index (κ3) is 4.70. The van der Waals surface area contributed by atoms with Gasteiger partial charge in [0.1, 0.15) is 23.8 Å². The molecule has 1 aliphatic rings. The number of rotatable bonds is 7. The van der Waals surface area contributed by atoms with Crippen LogP contribution in [-0.4, -0.2) is 29.9 Å².